The first-order valence-corrected chi connectivity index (χ1v) is 10.3. The summed E-state index contributed by atoms with van der Waals surface area (Å²) < 4.78 is 53.9. The Morgan fingerprint density at radius 1 is 1.23 bits per heavy atom. The number of anilines is 1. The van der Waals surface area contributed by atoms with Crippen LogP contribution in [-0.4, -0.2) is 47.3 Å². The van der Waals surface area contributed by atoms with Crippen LogP contribution in [0.15, 0.2) is 42.5 Å². The molecule has 0 aliphatic carbocycles. The highest BCUT2D eigenvalue weighted by Crippen LogP contribution is 2.39. The van der Waals surface area contributed by atoms with Crippen LogP contribution in [0, 0.1) is 12.7 Å². The van der Waals surface area contributed by atoms with Crippen molar-refractivity contribution in [3.63, 3.8) is 0 Å². The summed E-state index contributed by atoms with van der Waals surface area (Å²) in [6, 6.07) is 10.4. The number of hydrogen-bond donors (Lipinski definition) is 2. The smallest absolute Gasteiger partial charge is 0.319 e. The normalized spacial score (nSPS) is 12.8. The molecule has 4 rings (SSSR count). The molecule has 1 aromatic heterocycles. The Morgan fingerprint density at radius 2 is 1.91 bits per heavy atom. The maximum Gasteiger partial charge on any atom is 0.319 e. The fourth-order valence-electron chi connectivity index (χ4n) is 3.69. The Morgan fingerprint density at radius 3 is 2.60 bits per heavy atom. The van der Waals surface area contributed by atoms with Gasteiger partial charge >= 0.3 is 11.9 Å². The van der Waals surface area contributed by atoms with Gasteiger partial charge in [0.05, 0.1) is 23.6 Å². The van der Waals surface area contributed by atoms with Gasteiger partial charge < -0.3 is 20.5 Å². The van der Waals surface area contributed by atoms with Crippen molar-refractivity contribution in [2.75, 3.05) is 25.1 Å². The van der Waals surface area contributed by atoms with Crippen LogP contribution in [-0.2, 0) is 20.9 Å². The summed E-state index contributed by atoms with van der Waals surface area (Å²) in [7, 11) is 0. The fraction of sp³-hybridized carbons (Fsp3) is 0.261. The lowest BCUT2D eigenvalue weighted by Crippen LogP contribution is -2.33. The topological polar surface area (TPSA) is 108 Å². The van der Waals surface area contributed by atoms with Crippen LogP contribution in [0.25, 0.3) is 22.4 Å². The predicted molar refractivity (Wildman–Crippen MR) is 124 cm³/mol. The molecule has 3 aromatic rings. The second kappa shape index (κ2) is 10.4. The zero-order valence-electron chi connectivity index (χ0n) is 18.5. The molecule has 1 aliphatic rings. The first kappa shape index (κ1) is 26.0. The molecule has 1 aliphatic heterocycles. The molecular weight excluding hydrogens is 489 g/mol. The number of alkyl halides is 2. The molecule has 0 saturated heterocycles. The summed E-state index contributed by atoms with van der Waals surface area (Å²) in [5.74, 6) is -4.73. The number of esters is 1. The van der Waals surface area contributed by atoms with E-state index >= 15 is 0 Å². The molecule has 0 unspecified atom stereocenters. The van der Waals surface area contributed by atoms with E-state index in [2.05, 4.69) is 15.2 Å². The van der Waals surface area contributed by atoms with Gasteiger partial charge in [0.2, 0.25) is 0 Å². The van der Waals surface area contributed by atoms with E-state index in [-0.39, 0.29) is 24.9 Å². The lowest BCUT2D eigenvalue weighted by atomic mass is 9.98. The predicted octanol–water partition coefficient (Wildman–Crippen LogP) is 3.55. The number of nitrogens with two attached hydrogens (primary N) is 1. The van der Waals surface area contributed by atoms with Crippen LogP contribution in [0.5, 0.6) is 5.75 Å². The minimum atomic E-state index is -3.45. The Labute approximate surface area is 204 Å². The number of fused-ring (bicyclic) bond motifs is 1. The van der Waals surface area contributed by atoms with E-state index in [1.807, 2.05) is 0 Å². The number of aryl methyl sites for hydroxylation is 1. The number of nitrogens with zero attached hydrogens (tertiary/aromatic N) is 2. The molecular formula is C23H22ClF3N4O4. The summed E-state index contributed by atoms with van der Waals surface area (Å²) >= 11 is 0. The summed E-state index contributed by atoms with van der Waals surface area (Å²) in [5.41, 5.74) is 7.84. The van der Waals surface area contributed by atoms with E-state index in [4.69, 9.17) is 10.5 Å². The molecule has 8 nitrogen and oxygen atoms in total. The number of carbonyl (C=O) groups is 2. The quantitative estimate of drug-likeness (QED) is 0.471. The van der Waals surface area contributed by atoms with Gasteiger partial charge in [-0.2, -0.15) is 5.10 Å². The third-order valence-electron chi connectivity index (χ3n) is 5.14. The zero-order valence-corrected chi connectivity index (χ0v) is 19.3. The van der Waals surface area contributed by atoms with Gasteiger partial charge in [0.25, 0.3) is 5.91 Å². The molecule has 3 N–H and O–H groups in total. The number of carbonyl (C=O) groups excluding carboxylic acids is 2. The molecule has 0 fully saturated rings. The molecule has 0 atom stereocenters. The average Bonchev–Trinajstić information content (AvgIpc) is 3.12. The van der Waals surface area contributed by atoms with Gasteiger partial charge in [0.15, 0.2) is 13.2 Å². The third-order valence-corrected chi connectivity index (χ3v) is 5.14. The molecule has 2 heterocycles. The second-order valence-corrected chi connectivity index (χ2v) is 7.74. The van der Waals surface area contributed by atoms with E-state index in [9.17, 15) is 22.8 Å². The minimum Gasteiger partial charge on any atom is -0.482 e. The molecule has 186 valence electrons. The highest BCUT2D eigenvalue weighted by Gasteiger charge is 2.34. The Bertz CT molecular complexity index is 1250. The van der Waals surface area contributed by atoms with Gasteiger partial charge in [0, 0.05) is 11.1 Å². The number of halogens is 4. The van der Waals surface area contributed by atoms with Crippen LogP contribution in [0.2, 0.25) is 0 Å². The molecule has 0 radical (unpaired) electrons. The third kappa shape index (κ3) is 5.75. The van der Waals surface area contributed by atoms with Crippen molar-refractivity contribution in [1.29, 1.82) is 0 Å². The largest absolute Gasteiger partial charge is 0.482 e. The van der Waals surface area contributed by atoms with Gasteiger partial charge in [-0.1, -0.05) is 6.07 Å². The van der Waals surface area contributed by atoms with Gasteiger partial charge in [-0.05, 0) is 48.9 Å². The molecule has 0 saturated carbocycles. The zero-order chi connectivity index (χ0) is 24.5. The van der Waals surface area contributed by atoms with Crippen LogP contribution in [0.3, 0.4) is 0 Å². The lowest BCUT2D eigenvalue weighted by molar-refractivity contribution is -0.155. The van der Waals surface area contributed by atoms with Crippen molar-refractivity contribution in [3.05, 3.63) is 54.0 Å². The lowest BCUT2D eigenvalue weighted by Gasteiger charge is -2.20. The van der Waals surface area contributed by atoms with E-state index in [0.717, 1.165) is 4.68 Å². The molecule has 0 bridgehead atoms. The highest BCUT2D eigenvalue weighted by atomic mass is 35.5. The van der Waals surface area contributed by atoms with Crippen molar-refractivity contribution in [2.24, 2.45) is 5.73 Å². The van der Waals surface area contributed by atoms with E-state index < -0.39 is 37.4 Å². The van der Waals surface area contributed by atoms with Crippen LogP contribution in [0.4, 0.5) is 18.9 Å². The number of benzene rings is 2. The SMILES string of the molecule is Cc1nn(CC(F)(F)COC(=O)CN)c(-c2ccc(F)cc2)c1-c1ccc2c(c1)NC(=O)CO2.Cl. The van der Waals surface area contributed by atoms with Crippen molar-refractivity contribution >= 4 is 30.0 Å². The van der Waals surface area contributed by atoms with Crippen LogP contribution >= 0.6 is 12.4 Å². The van der Waals surface area contributed by atoms with Crippen LogP contribution < -0.4 is 15.8 Å². The Hall–Kier alpha value is -3.57. The first-order valence-electron chi connectivity index (χ1n) is 10.3. The Balaban J connectivity index is 0.00000342. The number of nitrogens with one attached hydrogen (secondary N) is 1. The van der Waals surface area contributed by atoms with Crippen molar-refractivity contribution in [2.45, 2.75) is 19.4 Å². The summed E-state index contributed by atoms with van der Waals surface area (Å²) in [6.45, 7) is -1.03. The second-order valence-electron chi connectivity index (χ2n) is 7.74. The first-order chi connectivity index (χ1) is 16.2. The van der Waals surface area contributed by atoms with Crippen molar-refractivity contribution in [3.8, 4) is 28.1 Å². The monoisotopic (exact) mass is 510 g/mol. The van der Waals surface area contributed by atoms with E-state index in [1.54, 1.807) is 25.1 Å². The standard InChI is InChI=1S/C23H21F3N4O4.ClH/c1-13-21(15-4-7-18-17(8-15)28-19(31)10-33-18)22(14-2-5-16(24)6-3-14)30(29-13)11-23(25,26)12-34-20(32)9-27;/h2-8H,9-12,27H2,1H3,(H,28,31);1H. The maximum absolute atomic E-state index is 14.7. The molecule has 2 aromatic carbocycles. The summed E-state index contributed by atoms with van der Waals surface area (Å²) in [4.78, 5) is 23.0. The van der Waals surface area contributed by atoms with Crippen LogP contribution in [0.1, 0.15) is 5.69 Å². The number of rotatable bonds is 7. The van der Waals surface area contributed by atoms with Crippen molar-refractivity contribution < 1.29 is 32.2 Å². The fourth-order valence-corrected chi connectivity index (χ4v) is 3.69. The number of aromatic nitrogens is 2. The molecule has 0 spiro atoms. The van der Waals surface area contributed by atoms with Crippen molar-refractivity contribution in [1.82, 2.24) is 9.78 Å². The Kier molecular flexibility index (Phi) is 7.71. The number of amides is 1. The molecule has 35 heavy (non-hydrogen) atoms. The molecule has 12 heteroatoms. The van der Waals surface area contributed by atoms with Gasteiger partial charge in [-0.3, -0.25) is 14.3 Å². The van der Waals surface area contributed by atoms with Gasteiger partial charge in [-0.15, -0.1) is 12.4 Å². The maximum atomic E-state index is 14.7. The summed E-state index contributed by atoms with van der Waals surface area (Å²) in [5, 5.41) is 7.02. The van der Waals surface area contributed by atoms with Gasteiger partial charge in [-0.25, -0.2) is 13.2 Å². The summed E-state index contributed by atoms with van der Waals surface area (Å²) in [6.07, 6.45) is 0. The number of hydrogen-bond acceptors (Lipinski definition) is 6. The average molecular weight is 511 g/mol. The van der Waals surface area contributed by atoms with Gasteiger partial charge in [0.1, 0.15) is 18.1 Å². The highest BCUT2D eigenvalue weighted by molar-refractivity contribution is 5.97. The minimum absolute atomic E-state index is 0. The number of ether oxygens (including phenoxy) is 2. The van der Waals surface area contributed by atoms with E-state index in [1.165, 1.54) is 24.3 Å². The molecule has 1 amide bonds. The van der Waals surface area contributed by atoms with E-state index in [0.29, 0.717) is 39.5 Å².